The van der Waals surface area contributed by atoms with Crippen LogP contribution in [0.5, 0.6) is 5.75 Å². The molecule has 6 heteroatoms. The molecule has 1 saturated heterocycles. The summed E-state index contributed by atoms with van der Waals surface area (Å²) in [6, 6.07) is 17.2. The molecule has 0 aliphatic carbocycles. The maximum absolute atomic E-state index is 10.1. The van der Waals surface area contributed by atoms with Crippen LogP contribution in [0.25, 0.3) is 0 Å². The summed E-state index contributed by atoms with van der Waals surface area (Å²) in [5.41, 5.74) is 2.00. The van der Waals surface area contributed by atoms with Crippen LogP contribution in [0.1, 0.15) is 11.1 Å². The summed E-state index contributed by atoms with van der Waals surface area (Å²) in [6.45, 7) is -0.490. The molecule has 0 radical (unpaired) electrons. The van der Waals surface area contributed by atoms with Crippen molar-refractivity contribution in [2.24, 2.45) is 0 Å². The van der Waals surface area contributed by atoms with Crippen molar-refractivity contribution in [1.82, 2.24) is 0 Å². The molecule has 6 nitrogen and oxygen atoms in total. The molecule has 4 N–H and O–H groups in total. The molecule has 25 heavy (non-hydrogen) atoms. The van der Waals surface area contributed by atoms with Crippen molar-refractivity contribution in [2.75, 3.05) is 6.61 Å². The fraction of sp³-hybridized carbons (Fsp3) is 0.368. The van der Waals surface area contributed by atoms with E-state index in [0.717, 1.165) is 11.1 Å². The topological polar surface area (TPSA) is 99.4 Å². The Bertz CT molecular complexity index is 675. The number of benzene rings is 2. The van der Waals surface area contributed by atoms with Crippen molar-refractivity contribution in [3.8, 4) is 5.75 Å². The highest BCUT2D eigenvalue weighted by Gasteiger charge is 2.44. The quantitative estimate of drug-likeness (QED) is 0.628. The Kier molecular flexibility index (Phi) is 5.67. The minimum absolute atomic E-state index is 0.490. The van der Waals surface area contributed by atoms with E-state index < -0.39 is 37.3 Å². The number of para-hydroxylation sites is 1. The van der Waals surface area contributed by atoms with Crippen LogP contribution >= 0.6 is 0 Å². The summed E-state index contributed by atoms with van der Waals surface area (Å²) in [5.74, 6) is 0.510. The second-order valence-electron chi connectivity index (χ2n) is 6.09. The first-order chi connectivity index (χ1) is 12.1. The van der Waals surface area contributed by atoms with Crippen LogP contribution in [-0.4, -0.2) is 57.7 Å². The molecule has 0 saturated carbocycles. The highest BCUT2D eigenvalue weighted by molar-refractivity contribution is 5.37. The van der Waals surface area contributed by atoms with E-state index in [1.807, 2.05) is 42.5 Å². The second-order valence-corrected chi connectivity index (χ2v) is 6.09. The van der Waals surface area contributed by atoms with Crippen LogP contribution < -0.4 is 4.74 Å². The van der Waals surface area contributed by atoms with Gasteiger partial charge in [-0.3, -0.25) is 0 Å². The van der Waals surface area contributed by atoms with Crippen molar-refractivity contribution >= 4 is 0 Å². The maximum atomic E-state index is 10.1. The smallest absolute Gasteiger partial charge is 0.229 e. The lowest BCUT2D eigenvalue weighted by Crippen LogP contribution is -2.60. The van der Waals surface area contributed by atoms with Gasteiger partial charge in [-0.15, -0.1) is 0 Å². The lowest BCUT2D eigenvalue weighted by Gasteiger charge is -2.39. The van der Waals surface area contributed by atoms with E-state index in [2.05, 4.69) is 0 Å². The Labute approximate surface area is 145 Å². The largest absolute Gasteiger partial charge is 0.462 e. The summed E-state index contributed by atoms with van der Waals surface area (Å²) in [6.07, 6.45) is -5.84. The van der Waals surface area contributed by atoms with Crippen LogP contribution in [-0.2, 0) is 11.2 Å². The van der Waals surface area contributed by atoms with E-state index in [9.17, 15) is 20.4 Å². The molecule has 3 rings (SSSR count). The van der Waals surface area contributed by atoms with E-state index in [1.54, 1.807) is 12.1 Å². The minimum Gasteiger partial charge on any atom is -0.462 e. The SMILES string of the molecule is OC[C@H]1O[C@@H](Oc2ccccc2Cc2ccccc2)[C@H](O)[C@@H](O)[C@@H]1O. The maximum Gasteiger partial charge on any atom is 0.229 e. The minimum atomic E-state index is -1.46. The first-order valence-electron chi connectivity index (χ1n) is 8.19. The highest BCUT2D eigenvalue weighted by Crippen LogP contribution is 2.27. The summed E-state index contributed by atoms with van der Waals surface area (Å²) < 4.78 is 11.2. The normalized spacial score (nSPS) is 29.4. The molecular weight excluding hydrogens is 324 g/mol. The highest BCUT2D eigenvalue weighted by atomic mass is 16.7. The Balaban J connectivity index is 1.78. The van der Waals surface area contributed by atoms with Gasteiger partial charge in [0.15, 0.2) is 0 Å². The van der Waals surface area contributed by atoms with Crippen LogP contribution in [0.3, 0.4) is 0 Å². The molecular formula is C19H22O6. The zero-order valence-electron chi connectivity index (χ0n) is 13.6. The lowest BCUT2D eigenvalue weighted by atomic mass is 9.99. The van der Waals surface area contributed by atoms with Gasteiger partial charge in [-0.1, -0.05) is 48.5 Å². The summed E-state index contributed by atoms with van der Waals surface area (Å²) in [5, 5.41) is 39.1. The van der Waals surface area contributed by atoms with Gasteiger partial charge in [0.25, 0.3) is 0 Å². The molecule has 1 aliphatic heterocycles. The zero-order valence-corrected chi connectivity index (χ0v) is 13.6. The standard InChI is InChI=1S/C19H22O6/c20-11-15-16(21)17(22)18(23)19(25-15)24-14-9-5-4-8-13(14)10-12-6-2-1-3-7-12/h1-9,15-23H,10-11H2/t15-,16-,17+,18-,19-/m1/s1. The van der Waals surface area contributed by atoms with Gasteiger partial charge in [-0.2, -0.15) is 0 Å². The number of aliphatic hydroxyl groups excluding tert-OH is 4. The molecule has 0 bridgehead atoms. The summed E-state index contributed by atoms with van der Waals surface area (Å²) >= 11 is 0. The van der Waals surface area contributed by atoms with Crippen molar-refractivity contribution in [1.29, 1.82) is 0 Å². The van der Waals surface area contributed by atoms with Crippen molar-refractivity contribution in [3.05, 3.63) is 65.7 Å². The van der Waals surface area contributed by atoms with Gasteiger partial charge in [0.1, 0.15) is 30.2 Å². The van der Waals surface area contributed by atoms with E-state index >= 15 is 0 Å². The fourth-order valence-electron chi connectivity index (χ4n) is 2.87. The third kappa shape index (κ3) is 4.00. The van der Waals surface area contributed by atoms with Gasteiger partial charge in [-0.05, 0) is 17.2 Å². The van der Waals surface area contributed by atoms with Gasteiger partial charge in [0.2, 0.25) is 6.29 Å². The summed E-state index contributed by atoms with van der Waals surface area (Å²) in [7, 11) is 0. The molecule has 5 atom stereocenters. The lowest BCUT2D eigenvalue weighted by molar-refractivity contribution is -0.277. The van der Waals surface area contributed by atoms with E-state index in [-0.39, 0.29) is 0 Å². The monoisotopic (exact) mass is 346 g/mol. The van der Waals surface area contributed by atoms with Crippen LogP contribution in [0, 0.1) is 0 Å². The summed E-state index contributed by atoms with van der Waals surface area (Å²) in [4.78, 5) is 0. The Morgan fingerprint density at radius 2 is 1.52 bits per heavy atom. The van der Waals surface area contributed by atoms with Crippen molar-refractivity contribution in [3.63, 3.8) is 0 Å². The number of hydrogen-bond acceptors (Lipinski definition) is 6. The second kappa shape index (κ2) is 7.95. The molecule has 2 aromatic carbocycles. The van der Waals surface area contributed by atoms with Gasteiger partial charge in [0.05, 0.1) is 6.61 Å². The van der Waals surface area contributed by atoms with E-state index in [4.69, 9.17) is 9.47 Å². The number of hydrogen-bond donors (Lipinski definition) is 4. The average Bonchev–Trinajstić information content (AvgIpc) is 2.64. The van der Waals surface area contributed by atoms with E-state index in [0.29, 0.717) is 12.2 Å². The number of rotatable bonds is 5. The molecule has 0 unspecified atom stereocenters. The molecule has 1 aliphatic rings. The molecule has 0 spiro atoms. The number of aliphatic hydroxyl groups is 4. The Hall–Kier alpha value is -1.96. The average molecular weight is 346 g/mol. The van der Waals surface area contributed by atoms with Crippen LogP contribution in [0.15, 0.2) is 54.6 Å². The predicted molar refractivity (Wildman–Crippen MR) is 90.1 cm³/mol. The third-order valence-electron chi connectivity index (χ3n) is 4.30. The first-order valence-corrected chi connectivity index (χ1v) is 8.19. The van der Waals surface area contributed by atoms with Crippen LogP contribution in [0.4, 0.5) is 0 Å². The first kappa shape index (κ1) is 17.8. The van der Waals surface area contributed by atoms with Gasteiger partial charge >= 0.3 is 0 Å². The van der Waals surface area contributed by atoms with Gasteiger partial charge in [0, 0.05) is 6.42 Å². The Morgan fingerprint density at radius 1 is 0.840 bits per heavy atom. The number of ether oxygens (including phenoxy) is 2. The van der Waals surface area contributed by atoms with Crippen molar-refractivity contribution in [2.45, 2.75) is 37.1 Å². The fourth-order valence-corrected chi connectivity index (χ4v) is 2.87. The van der Waals surface area contributed by atoms with Gasteiger partial charge < -0.3 is 29.9 Å². The zero-order chi connectivity index (χ0) is 17.8. The van der Waals surface area contributed by atoms with Crippen molar-refractivity contribution < 1.29 is 29.9 Å². The molecule has 1 heterocycles. The third-order valence-corrected chi connectivity index (χ3v) is 4.30. The predicted octanol–water partition coefficient (Wildman–Crippen LogP) is 0.456. The van der Waals surface area contributed by atoms with Gasteiger partial charge in [-0.25, -0.2) is 0 Å². The Morgan fingerprint density at radius 3 is 2.24 bits per heavy atom. The molecule has 1 fully saturated rings. The van der Waals surface area contributed by atoms with E-state index in [1.165, 1.54) is 0 Å². The van der Waals surface area contributed by atoms with Crippen LogP contribution in [0.2, 0.25) is 0 Å². The molecule has 2 aromatic rings. The molecule has 0 aromatic heterocycles. The molecule has 0 amide bonds. The molecule has 134 valence electrons.